The summed E-state index contributed by atoms with van der Waals surface area (Å²) in [6.45, 7) is 5.03. The van der Waals surface area contributed by atoms with Gasteiger partial charge in [0.1, 0.15) is 6.04 Å². The molecule has 0 aromatic heterocycles. The molecule has 0 saturated carbocycles. The first-order valence-corrected chi connectivity index (χ1v) is 6.36. The molecule has 0 aliphatic carbocycles. The molecule has 1 unspecified atom stereocenters. The number of hydrogen-bond acceptors (Lipinski definition) is 3. The van der Waals surface area contributed by atoms with Crippen molar-refractivity contribution in [2.24, 2.45) is 5.73 Å². The fraction of sp³-hybridized carbons (Fsp3) is 0.462. The number of carbonyl (C=O) groups excluding carboxylic acids is 1. The van der Waals surface area contributed by atoms with Crippen LogP contribution in [0.15, 0.2) is 24.3 Å². The lowest BCUT2D eigenvalue weighted by molar-refractivity contribution is -0.124. The van der Waals surface area contributed by atoms with Crippen molar-refractivity contribution in [2.75, 3.05) is 18.0 Å². The van der Waals surface area contributed by atoms with Crippen LogP contribution in [0.2, 0.25) is 5.02 Å². The number of anilines is 1. The first kappa shape index (κ1) is 13.2. The quantitative estimate of drug-likeness (QED) is 0.851. The van der Waals surface area contributed by atoms with Gasteiger partial charge in [-0.15, -0.1) is 0 Å². The molecular formula is C13H18ClN3O. The minimum atomic E-state index is -0.354. The molecule has 3 N–H and O–H groups in total. The van der Waals surface area contributed by atoms with Gasteiger partial charge in [0.2, 0.25) is 5.91 Å². The fourth-order valence-electron chi connectivity index (χ4n) is 2.41. The molecule has 1 fully saturated rings. The zero-order valence-electron chi connectivity index (χ0n) is 10.6. The Labute approximate surface area is 112 Å². The van der Waals surface area contributed by atoms with Crippen molar-refractivity contribution < 1.29 is 4.79 Å². The second-order valence-electron chi connectivity index (χ2n) is 5.13. The molecule has 1 atom stereocenters. The van der Waals surface area contributed by atoms with Crippen molar-refractivity contribution in [1.29, 1.82) is 0 Å². The number of nitrogens with one attached hydrogen (secondary N) is 1. The van der Waals surface area contributed by atoms with E-state index >= 15 is 0 Å². The summed E-state index contributed by atoms with van der Waals surface area (Å²) in [5.74, 6) is -0.0307. The van der Waals surface area contributed by atoms with Gasteiger partial charge in [0, 0.05) is 23.8 Å². The molecule has 98 valence electrons. The molecule has 1 aromatic carbocycles. The van der Waals surface area contributed by atoms with Gasteiger partial charge < -0.3 is 16.0 Å². The topological polar surface area (TPSA) is 58.4 Å². The summed E-state index contributed by atoms with van der Waals surface area (Å²) < 4.78 is 0. The van der Waals surface area contributed by atoms with Crippen LogP contribution in [0.5, 0.6) is 0 Å². The van der Waals surface area contributed by atoms with Gasteiger partial charge >= 0.3 is 0 Å². The molecule has 1 aliphatic heterocycles. The molecule has 0 spiro atoms. The van der Waals surface area contributed by atoms with Gasteiger partial charge in [0.15, 0.2) is 0 Å². The number of carbonyl (C=O) groups is 1. The minimum absolute atomic E-state index is 0.0307. The highest BCUT2D eigenvalue weighted by Crippen LogP contribution is 2.30. The third-order valence-corrected chi connectivity index (χ3v) is 3.51. The third-order valence-electron chi connectivity index (χ3n) is 3.27. The van der Waals surface area contributed by atoms with Crippen LogP contribution in [-0.2, 0) is 4.79 Å². The second kappa shape index (κ2) is 4.78. The second-order valence-corrected chi connectivity index (χ2v) is 5.57. The van der Waals surface area contributed by atoms with Gasteiger partial charge in [-0.3, -0.25) is 4.79 Å². The van der Waals surface area contributed by atoms with Gasteiger partial charge in [0.25, 0.3) is 0 Å². The molecule has 1 aromatic rings. The maximum Gasteiger partial charge on any atom is 0.244 e. The molecule has 0 radical (unpaired) electrons. The Hall–Kier alpha value is -1.26. The Morgan fingerprint density at radius 1 is 1.56 bits per heavy atom. The van der Waals surface area contributed by atoms with Crippen molar-refractivity contribution in [1.82, 2.24) is 5.32 Å². The summed E-state index contributed by atoms with van der Waals surface area (Å²) in [4.78, 5) is 14.0. The molecule has 1 aliphatic rings. The minimum Gasteiger partial charge on any atom is -0.352 e. The predicted molar refractivity (Wildman–Crippen MR) is 73.9 cm³/mol. The van der Waals surface area contributed by atoms with Gasteiger partial charge in [-0.05, 0) is 32.0 Å². The summed E-state index contributed by atoms with van der Waals surface area (Å²) in [5, 5.41) is 3.55. The molecule has 2 rings (SSSR count). The Morgan fingerprint density at radius 2 is 2.28 bits per heavy atom. The average molecular weight is 268 g/mol. The SMILES string of the molecule is CC1(C)CNC(=O)C(CN)N1c1cccc(Cl)c1. The van der Waals surface area contributed by atoms with E-state index in [2.05, 4.69) is 24.1 Å². The average Bonchev–Trinajstić information content (AvgIpc) is 2.31. The molecule has 1 heterocycles. The van der Waals surface area contributed by atoms with Gasteiger partial charge in [-0.25, -0.2) is 0 Å². The maximum atomic E-state index is 11.9. The van der Waals surface area contributed by atoms with Crippen LogP contribution in [0, 0.1) is 0 Å². The van der Waals surface area contributed by atoms with Crippen LogP contribution < -0.4 is 16.0 Å². The Kier molecular flexibility index (Phi) is 3.50. The largest absolute Gasteiger partial charge is 0.352 e. The van der Waals surface area contributed by atoms with Crippen LogP contribution in [0.4, 0.5) is 5.69 Å². The number of hydrogen-bond donors (Lipinski definition) is 2. The number of benzene rings is 1. The molecule has 1 saturated heterocycles. The third kappa shape index (κ3) is 2.31. The predicted octanol–water partition coefficient (Wildman–Crippen LogP) is 1.38. The number of amides is 1. The van der Waals surface area contributed by atoms with Crippen molar-refractivity contribution in [3.63, 3.8) is 0 Å². The van der Waals surface area contributed by atoms with Gasteiger partial charge in [0.05, 0.1) is 5.54 Å². The van der Waals surface area contributed by atoms with Gasteiger partial charge in [-0.1, -0.05) is 17.7 Å². The highest BCUT2D eigenvalue weighted by atomic mass is 35.5. The van der Waals surface area contributed by atoms with Crippen LogP contribution in [0.1, 0.15) is 13.8 Å². The highest BCUT2D eigenvalue weighted by Gasteiger charge is 2.40. The molecule has 0 bridgehead atoms. The molecule has 4 nitrogen and oxygen atoms in total. The van der Waals surface area contributed by atoms with Crippen LogP contribution in [-0.4, -0.2) is 30.6 Å². The summed E-state index contributed by atoms with van der Waals surface area (Å²) in [5.41, 5.74) is 6.48. The van der Waals surface area contributed by atoms with E-state index in [4.69, 9.17) is 17.3 Å². The zero-order chi connectivity index (χ0) is 13.3. The monoisotopic (exact) mass is 267 g/mol. The Bertz CT molecular complexity index is 461. The molecule has 18 heavy (non-hydrogen) atoms. The smallest absolute Gasteiger partial charge is 0.244 e. The van der Waals surface area contributed by atoms with E-state index in [1.165, 1.54) is 0 Å². The highest BCUT2D eigenvalue weighted by molar-refractivity contribution is 6.30. The number of halogens is 1. The maximum absolute atomic E-state index is 11.9. The van der Waals surface area contributed by atoms with E-state index in [9.17, 15) is 4.79 Å². The van der Waals surface area contributed by atoms with Crippen LogP contribution in [0.3, 0.4) is 0 Å². The first-order valence-electron chi connectivity index (χ1n) is 5.98. The van der Waals surface area contributed by atoms with E-state index in [1.807, 2.05) is 24.3 Å². The van der Waals surface area contributed by atoms with Crippen molar-refractivity contribution in [2.45, 2.75) is 25.4 Å². The fourth-order valence-corrected chi connectivity index (χ4v) is 2.60. The summed E-state index contributed by atoms with van der Waals surface area (Å²) >= 11 is 6.03. The summed E-state index contributed by atoms with van der Waals surface area (Å²) in [6.07, 6.45) is 0. The van der Waals surface area contributed by atoms with E-state index < -0.39 is 0 Å². The molecule has 5 heteroatoms. The Balaban J connectivity index is 2.44. The standard InChI is InChI=1S/C13H18ClN3O/c1-13(2)8-16-12(18)11(7-15)17(13)10-5-3-4-9(14)6-10/h3-6,11H,7-8,15H2,1-2H3,(H,16,18). The number of rotatable bonds is 2. The van der Waals surface area contributed by atoms with Crippen molar-refractivity contribution >= 4 is 23.2 Å². The lowest BCUT2D eigenvalue weighted by atomic mass is 9.94. The number of nitrogens with zero attached hydrogens (tertiary/aromatic N) is 1. The van der Waals surface area contributed by atoms with E-state index in [-0.39, 0.29) is 24.0 Å². The lowest BCUT2D eigenvalue weighted by Crippen LogP contribution is -2.67. The summed E-state index contributed by atoms with van der Waals surface area (Å²) in [7, 11) is 0. The number of nitrogens with two attached hydrogens (primary N) is 1. The van der Waals surface area contributed by atoms with Gasteiger partial charge in [-0.2, -0.15) is 0 Å². The lowest BCUT2D eigenvalue weighted by Gasteiger charge is -2.48. The van der Waals surface area contributed by atoms with E-state index in [0.29, 0.717) is 11.6 Å². The molecular weight excluding hydrogens is 250 g/mol. The van der Waals surface area contributed by atoms with Crippen LogP contribution in [0.25, 0.3) is 0 Å². The zero-order valence-corrected chi connectivity index (χ0v) is 11.4. The van der Waals surface area contributed by atoms with E-state index in [0.717, 1.165) is 5.69 Å². The summed E-state index contributed by atoms with van der Waals surface area (Å²) in [6, 6.07) is 7.17. The first-order chi connectivity index (χ1) is 8.45. The molecule has 1 amide bonds. The van der Waals surface area contributed by atoms with Crippen molar-refractivity contribution in [3.05, 3.63) is 29.3 Å². The van der Waals surface area contributed by atoms with E-state index in [1.54, 1.807) is 0 Å². The Morgan fingerprint density at radius 3 is 2.89 bits per heavy atom. The van der Waals surface area contributed by atoms with Crippen molar-refractivity contribution in [3.8, 4) is 0 Å². The number of piperazine rings is 1. The normalized spacial score (nSPS) is 22.8. The van der Waals surface area contributed by atoms with Crippen LogP contribution >= 0.6 is 11.6 Å².